The van der Waals surface area contributed by atoms with E-state index in [0.29, 0.717) is 25.1 Å². The van der Waals surface area contributed by atoms with Gasteiger partial charge < -0.3 is 10.1 Å². The van der Waals surface area contributed by atoms with Crippen molar-refractivity contribution in [3.63, 3.8) is 0 Å². The van der Waals surface area contributed by atoms with E-state index in [0.717, 1.165) is 40.2 Å². The molecule has 1 aromatic carbocycles. The van der Waals surface area contributed by atoms with E-state index in [1.807, 2.05) is 41.7 Å². The van der Waals surface area contributed by atoms with Crippen molar-refractivity contribution in [2.45, 2.75) is 53.1 Å². The van der Waals surface area contributed by atoms with Crippen molar-refractivity contribution in [2.75, 3.05) is 6.61 Å². The molecular weight excluding hydrogens is 424 g/mol. The van der Waals surface area contributed by atoms with Crippen LogP contribution in [0.4, 0.5) is 0 Å². The first kappa shape index (κ1) is 22.1. The Morgan fingerprint density at radius 2 is 1.88 bits per heavy atom. The first-order valence-electron chi connectivity index (χ1n) is 11.1. The van der Waals surface area contributed by atoms with Crippen LogP contribution in [0.1, 0.15) is 43.5 Å². The number of aromatic nitrogens is 3. The quantitative estimate of drug-likeness (QED) is 0.417. The third-order valence-electron chi connectivity index (χ3n) is 5.33. The average Bonchev–Trinajstić information content (AvgIpc) is 3.37. The molecule has 0 aliphatic rings. The summed E-state index contributed by atoms with van der Waals surface area (Å²) in [4.78, 5) is 26.9. The number of benzene rings is 1. The van der Waals surface area contributed by atoms with E-state index >= 15 is 0 Å². The molecule has 168 valence electrons. The Labute approximate surface area is 190 Å². The highest BCUT2D eigenvalue weighted by molar-refractivity contribution is 7.19. The number of hydrogen-bond donors (Lipinski definition) is 1. The summed E-state index contributed by atoms with van der Waals surface area (Å²) >= 11 is 1.70. The van der Waals surface area contributed by atoms with Gasteiger partial charge in [-0.2, -0.15) is 5.10 Å². The van der Waals surface area contributed by atoms with Crippen molar-refractivity contribution in [3.8, 4) is 5.75 Å². The number of fused-ring (bicyclic) bond motifs is 3. The molecular formula is C24H28N4O3S. The highest BCUT2D eigenvalue weighted by Gasteiger charge is 2.17. The molecule has 0 bridgehead atoms. The van der Waals surface area contributed by atoms with Crippen molar-refractivity contribution in [1.82, 2.24) is 19.5 Å². The van der Waals surface area contributed by atoms with Crippen molar-refractivity contribution in [3.05, 3.63) is 63.0 Å². The molecule has 0 fully saturated rings. The summed E-state index contributed by atoms with van der Waals surface area (Å²) in [6.07, 6.45) is 2.58. The number of ether oxygens (including phenoxy) is 1. The lowest BCUT2D eigenvalue weighted by atomic mass is 10.2. The zero-order valence-electron chi connectivity index (χ0n) is 18.7. The lowest BCUT2D eigenvalue weighted by Crippen LogP contribution is -2.35. The minimum absolute atomic E-state index is 0.112. The van der Waals surface area contributed by atoms with E-state index in [4.69, 9.17) is 4.74 Å². The second-order valence-corrected chi connectivity index (χ2v) is 8.85. The third kappa shape index (κ3) is 4.41. The minimum atomic E-state index is -0.253. The molecule has 0 saturated carbocycles. The second kappa shape index (κ2) is 9.56. The summed E-state index contributed by atoms with van der Waals surface area (Å²) < 4.78 is 9.86. The molecule has 32 heavy (non-hydrogen) atoms. The molecule has 3 heterocycles. The summed E-state index contributed by atoms with van der Waals surface area (Å²) in [7, 11) is 0. The van der Waals surface area contributed by atoms with Gasteiger partial charge in [-0.05, 0) is 42.7 Å². The molecule has 1 amide bonds. The van der Waals surface area contributed by atoms with Gasteiger partial charge >= 0.3 is 0 Å². The largest absolute Gasteiger partial charge is 0.494 e. The standard InChI is InChI=1S/C24H28N4O3S/c1-4-11-31-17-9-7-16(8-10-17)14-25-23(29)15-27-24(30)20-13-21-19(12-18(5-2)32-21)28(20)22(6-3)26-27/h7-10,12-13H,4-6,11,14-15H2,1-3H3,(H,25,29). The predicted octanol–water partition coefficient (Wildman–Crippen LogP) is 3.94. The van der Waals surface area contributed by atoms with Crippen LogP contribution in [-0.4, -0.2) is 26.7 Å². The zero-order chi connectivity index (χ0) is 22.7. The maximum absolute atomic E-state index is 13.0. The summed E-state index contributed by atoms with van der Waals surface area (Å²) in [5.41, 5.74) is 2.30. The maximum atomic E-state index is 13.0. The van der Waals surface area contributed by atoms with Gasteiger partial charge in [-0.15, -0.1) is 11.3 Å². The van der Waals surface area contributed by atoms with Crippen LogP contribution in [0.3, 0.4) is 0 Å². The molecule has 0 atom stereocenters. The van der Waals surface area contributed by atoms with Crippen molar-refractivity contribution in [2.24, 2.45) is 0 Å². The highest BCUT2D eigenvalue weighted by Crippen LogP contribution is 2.29. The fourth-order valence-corrected chi connectivity index (χ4v) is 4.69. The van der Waals surface area contributed by atoms with E-state index in [-0.39, 0.29) is 18.0 Å². The summed E-state index contributed by atoms with van der Waals surface area (Å²) in [6, 6.07) is 11.7. The second-order valence-electron chi connectivity index (χ2n) is 7.68. The number of hydrogen-bond acceptors (Lipinski definition) is 5. The smallest absolute Gasteiger partial charge is 0.291 e. The van der Waals surface area contributed by atoms with Crippen LogP contribution in [0.25, 0.3) is 15.7 Å². The Morgan fingerprint density at radius 3 is 2.56 bits per heavy atom. The number of carbonyl (C=O) groups excluding carboxylic acids is 1. The SMILES string of the molecule is CCCOc1ccc(CNC(=O)Cn2nc(CC)n3c(cc4sc(CC)cc43)c2=O)cc1. The number of carbonyl (C=O) groups is 1. The molecule has 0 spiro atoms. The van der Waals surface area contributed by atoms with Gasteiger partial charge in [0.25, 0.3) is 5.56 Å². The monoisotopic (exact) mass is 452 g/mol. The summed E-state index contributed by atoms with van der Waals surface area (Å²) in [6.45, 7) is 7.14. The van der Waals surface area contributed by atoms with Gasteiger partial charge in [0, 0.05) is 17.8 Å². The van der Waals surface area contributed by atoms with Crippen molar-refractivity contribution < 1.29 is 9.53 Å². The molecule has 3 aromatic heterocycles. The summed E-state index contributed by atoms with van der Waals surface area (Å²) in [5, 5.41) is 7.38. The van der Waals surface area contributed by atoms with Crippen LogP contribution in [-0.2, 0) is 30.7 Å². The Balaban J connectivity index is 1.50. The molecule has 0 unspecified atom stereocenters. The molecule has 4 aromatic rings. The van der Waals surface area contributed by atoms with Crippen LogP contribution in [0.5, 0.6) is 5.75 Å². The lowest BCUT2D eigenvalue weighted by molar-refractivity contribution is -0.122. The fourth-order valence-electron chi connectivity index (χ4n) is 3.67. The van der Waals surface area contributed by atoms with E-state index in [1.165, 1.54) is 9.56 Å². The molecule has 0 aliphatic heterocycles. The minimum Gasteiger partial charge on any atom is -0.494 e. The van der Waals surface area contributed by atoms with E-state index in [1.54, 1.807) is 11.3 Å². The number of amides is 1. The Bertz CT molecular complexity index is 1300. The van der Waals surface area contributed by atoms with Crippen molar-refractivity contribution >= 4 is 33.0 Å². The number of rotatable bonds is 9. The number of nitrogens with one attached hydrogen (secondary N) is 1. The van der Waals surface area contributed by atoms with Gasteiger partial charge in [0.2, 0.25) is 5.91 Å². The third-order valence-corrected chi connectivity index (χ3v) is 6.55. The molecule has 8 heteroatoms. The molecule has 1 N–H and O–H groups in total. The van der Waals surface area contributed by atoms with Gasteiger partial charge in [0.05, 0.1) is 16.8 Å². The van der Waals surface area contributed by atoms with Crippen LogP contribution in [0.15, 0.2) is 41.2 Å². The Kier molecular flexibility index (Phi) is 6.60. The first-order valence-corrected chi connectivity index (χ1v) is 11.9. The van der Waals surface area contributed by atoms with E-state index in [2.05, 4.69) is 30.3 Å². The van der Waals surface area contributed by atoms with Crippen LogP contribution in [0.2, 0.25) is 0 Å². The Morgan fingerprint density at radius 1 is 1.09 bits per heavy atom. The molecule has 0 aliphatic carbocycles. The van der Waals surface area contributed by atoms with Gasteiger partial charge in [-0.25, -0.2) is 4.68 Å². The highest BCUT2D eigenvalue weighted by atomic mass is 32.1. The van der Waals surface area contributed by atoms with E-state index < -0.39 is 0 Å². The Hall–Kier alpha value is -3.13. The molecule has 7 nitrogen and oxygen atoms in total. The van der Waals surface area contributed by atoms with Crippen LogP contribution in [0, 0.1) is 0 Å². The van der Waals surface area contributed by atoms with Crippen LogP contribution >= 0.6 is 11.3 Å². The van der Waals surface area contributed by atoms with Crippen molar-refractivity contribution in [1.29, 1.82) is 0 Å². The summed E-state index contributed by atoms with van der Waals surface area (Å²) in [5.74, 6) is 1.33. The van der Waals surface area contributed by atoms with E-state index in [9.17, 15) is 9.59 Å². The topological polar surface area (TPSA) is 77.6 Å². The van der Waals surface area contributed by atoms with Gasteiger partial charge in [-0.1, -0.05) is 32.9 Å². The first-order chi connectivity index (χ1) is 15.5. The lowest BCUT2D eigenvalue weighted by Gasteiger charge is -2.11. The number of thiophene rings is 1. The molecule has 0 saturated heterocycles. The number of aryl methyl sites for hydroxylation is 2. The zero-order valence-corrected chi connectivity index (χ0v) is 19.5. The normalized spacial score (nSPS) is 11.3. The fraction of sp³-hybridized carbons (Fsp3) is 0.375. The molecule has 0 radical (unpaired) electrons. The predicted molar refractivity (Wildman–Crippen MR) is 128 cm³/mol. The van der Waals surface area contributed by atoms with Gasteiger partial charge in [0.1, 0.15) is 23.6 Å². The molecule has 4 rings (SSSR count). The maximum Gasteiger partial charge on any atom is 0.291 e. The van der Waals surface area contributed by atoms with Crippen LogP contribution < -0.4 is 15.6 Å². The number of nitrogens with zero attached hydrogens (tertiary/aromatic N) is 3. The van der Waals surface area contributed by atoms with Gasteiger partial charge in [0.15, 0.2) is 0 Å². The van der Waals surface area contributed by atoms with Gasteiger partial charge in [-0.3, -0.25) is 14.0 Å². The average molecular weight is 453 g/mol.